The van der Waals surface area contributed by atoms with Crippen LogP contribution in [0.1, 0.15) is 35.7 Å². The van der Waals surface area contributed by atoms with Gasteiger partial charge in [0.25, 0.3) is 5.91 Å². The van der Waals surface area contributed by atoms with Gasteiger partial charge in [-0.15, -0.1) is 0 Å². The summed E-state index contributed by atoms with van der Waals surface area (Å²) in [5, 5.41) is 3.38. The minimum absolute atomic E-state index is 0.0559. The Morgan fingerprint density at radius 3 is 3.05 bits per heavy atom. The maximum atomic E-state index is 13.3. The van der Waals surface area contributed by atoms with Gasteiger partial charge in [-0.3, -0.25) is 4.79 Å². The Balaban J connectivity index is 2.12. The molecule has 19 heavy (non-hydrogen) atoms. The highest BCUT2D eigenvalue weighted by Gasteiger charge is 2.24. The van der Waals surface area contributed by atoms with Gasteiger partial charge in [0.2, 0.25) is 0 Å². The molecule has 0 saturated carbocycles. The van der Waals surface area contributed by atoms with Crippen molar-refractivity contribution >= 4 is 5.91 Å². The Bertz CT molecular complexity index is 459. The van der Waals surface area contributed by atoms with E-state index in [0.717, 1.165) is 31.5 Å². The van der Waals surface area contributed by atoms with Crippen LogP contribution in [0, 0.1) is 12.7 Å². The van der Waals surface area contributed by atoms with Gasteiger partial charge in [-0.05, 0) is 44.0 Å². The smallest absolute Gasteiger partial charge is 0.254 e. The zero-order valence-electron chi connectivity index (χ0n) is 11.6. The van der Waals surface area contributed by atoms with Gasteiger partial charge < -0.3 is 10.2 Å². The van der Waals surface area contributed by atoms with Crippen molar-refractivity contribution in [1.82, 2.24) is 10.2 Å². The van der Waals surface area contributed by atoms with E-state index >= 15 is 0 Å². The molecular weight excluding hydrogens is 243 g/mol. The highest BCUT2D eigenvalue weighted by atomic mass is 19.1. The minimum Gasteiger partial charge on any atom is -0.337 e. The van der Waals surface area contributed by atoms with Crippen LogP contribution in [-0.2, 0) is 0 Å². The molecule has 1 amide bonds. The molecule has 3 nitrogen and oxygen atoms in total. The predicted octanol–water partition coefficient (Wildman–Crippen LogP) is 2.35. The number of aryl methyl sites for hydroxylation is 1. The fraction of sp³-hybridized carbons (Fsp3) is 0.533. The first-order chi connectivity index (χ1) is 9.11. The molecule has 1 atom stereocenters. The zero-order valence-corrected chi connectivity index (χ0v) is 11.6. The van der Waals surface area contributed by atoms with E-state index in [1.54, 1.807) is 6.07 Å². The van der Waals surface area contributed by atoms with Crippen LogP contribution in [-0.4, -0.2) is 36.5 Å². The lowest BCUT2D eigenvalue weighted by Crippen LogP contribution is -2.48. The number of nitrogens with zero attached hydrogens (tertiary/aromatic N) is 1. The topological polar surface area (TPSA) is 32.3 Å². The first-order valence-corrected chi connectivity index (χ1v) is 6.90. The van der Waals surface area contributed by atoms with Crippen molar-refractivity contribution in [2.45, 2.75) is 32.7 Å². The zero-order chi connectivity index (χ0) is 13.8. The number of likely N-dealkylation sites (N-methyl/N-ethyl adjacent to an activating group) is 1. The molecule has 1 aliphatic rings. The van der Waals surface area contributed by atoms with Crippen molar-refractivity contribution in [1.29, 1.82) is 0 Å². The van der Waals surface area contributed by atoms with E-state index in [9.17, 15) is 9.18 Å². The van der Waals surface area contributed by atoms with E-state index in [1.165, 1.54) is 12.1 Å². The fourth-order valence-electron chi connectivity index (χ4n) is 2.61. The summed E-state index contributed by atoms with van der Waals surface area (Å²) in [4.78, 5) is 14.3. The first-order valence-electron chi connectivity index (χ1n) is 6.90. The van der Waals surface area contributed by atoms with Gasteiger partial charge in [-0.1, -0.05) is 13.0 Å². The molecule has 1 fully saturated rings. The monoisotopic (exact) mass is 264 g/mol. The number of likely N-dealkylation sites (tertiary alicyclic amines) is 1. The molecule has 0 spiro atoms. The number of amides is 1. The molecule has 1 unspecified atom stereocenters. The van der Waals surface area contributed by atoms with Gasteiger partial charge in [-0.25, -0.2) is 4.39 Å². The van der Waals surface area contributed by atoms with E-state index in [-0.39, 0.29) is 11.7 Å². The van der Waals surface area contributed by atoms with E-state index in [4.69, 9.17) is 0 Å². The second kappa shape index (κ2) is 6.15. The number of rotatable bonds is 3. The van der Waals surface area contributed by atoms with E-state index < -0.39 is 0 Å². The van der Waals surface area contributed by atoms with E-state index in [0.29, 0.717) is 18.2 Å². The molecule has 1 aliphatic heterocycles. The minimum atomic E-state index is -0.353. The molecular formula is C15H21FN2O. The van der Waals surface area contributed by atoms with Crippen LogP contribution in [0.4, 0.5) is 4.39 Å². The highest BCUT2D eigenvalue weighted by molar-refractivity contribution is 5.95. The van der Waals surface area contributed by atoms with Gasteiger partial charge in [0.05, 0.1) is 0 Å². The van der Waals surface area contributed by atoms with Crippen LogP contribution in [0.5, 0.6) is 0 Å². The molecule has 0 aliphatic carbocycles. The summed E-state index contributed by atoms with van der Waals surface area (Å²) in [5.41, 5.74) is 1.31. The molecule has 0 bridgehead atoms. The third-order valence-electron chi connectivity index (χ3n) is 3.63. The first kappa shape index (κ1) is 14.0. The SMILES string of the molecule is CCNC1CCCN(C(=O)c2cc(F)ccc2C)C1. The van der Waals surface area contributed by atoms with Gasteiger partial charge in [0.1, 0.15) is 5.82 Å². The molecule has 1 aromatic rings. The van der Waals surface area contributed by atoms with Crippen molar-refractivity contribution in [2.24, 2.45) is 0 Å². The Morgan fingerprint density at radius 2 is 2.32 bits per heavy atom. The van der Waals surface area contributed by atoms with Gasteiger partial charge in [0.15, 0.2) is 0 Å². The molecule has 1 N–H and O–H groups in total. The Morgan fingerprint density at radius 1 is 1.53 bits per heavy atom. The molecule has 4 heteroatoms. The van der Waals surface area contributed by atoms with Crippen molar-refractivity contribution in [3.05, 3.63) is 35.1 Å². The molecule has 104 valence electrons. The molecule has 1 heterocycles. The van der Waals surface area contributed by atoms with Crippen molar-refractivity contribution in [3.63, 3.8) is 0 Å². The lowest BCUT2D eigenvalue weighted by Gasteiger charge is -2.33. The number of piperidine rings is 1. The Hall–Kier alpha value is -1.42. The highest BCUT2D eigenvalue weighted by Crippen LogP contribution is 2.17. The standard InChI is InChI=1S/C15H21FN2O/c1-3-17-13-5-4-8-18(10-13)15(19)14-9-12(16)7-6-11(14)2/h6-7,9,13,17H,3-5,8,10H2,1-2H3. The fourth-order valence-corrected chi connectivity index (χ4v) is 2.61. The van der Waals surface area contributed by atoms with Crippen LogP contribution in [0.3, 0.4) is 0 Å². The molecule has 0 aromatic heterocycles. The van der Waals surface area contributed by atoms with Gasteiger partial charge in [-0.2, -0.15) is 0 Å². The van der Waals surface area contributed by atoms with Gasteiger partial charge >= 0.3 is 0 Å². The molecule has 0 radical (unpaired) electrons. The summed E-state index contributed by atoms with van der Waals surface area (Å²) in [6.07, 6.45) is 2.09. The normalized spacial score (nSPS) is 19.5. The third-order valence-corrected chi connectivity index (χ3v) is 3.63. The van der Waals surface area contributed by atoms with Gasteiger partial charge in [0, 0.05) is 24.7 Å². The Labute approximate surface area is 113 Å². The summed E-state index contributed by atoms with van der Waals surface area (Å²) in [6, 6.07) is 4.75. The van der Waals surface area contributed by atoms with E-state index in [2.05, 4.69) is 12.2 Å². The number of nitrogens with one attached hydrogen (secondary N) is 1. The van der Waals surface area contributed by atoms with Crippen LogP contribution in [0.25, 0.3) is 0 Å². The summed E-state index contributed by atoms with van der Waals surface area (Å²) in [6.45, 7) is 6.29. The number of benzene rings is 1. The third kappa shape index (κ3) is 3.32. The molecule has 1 aromatic carbocycles. The van der Waals surface area contributed by atoms with Crippen LogP contribution in [0.15, 0.2) is 18.2 Å². The number of carbonyl (C=O) groups is 1. The van der Waals surface area contributed by atoms with E-state index in [1.807, 2.05) is 11.8 Å². The van der Waals surface area contributed by atoms with Crippen molar-refractivity contribution < 1.29 is 9.18 Å². The van der Waals surface area contributed by atoms with Crippen molar-refractivity contribution in [3.8, 4) is 0 Å². The summed E-state index contributed by atoms with van der Waals surface area (Å²) < 4.78 is 13.3. The number of carbonyl (C=O) groups excluding carboxylic acids is 1. The second-order valence-corrected chi connectivity index (χ2v) is 5.11. The summed E-state index contributed by atoms with van der Waals surface area (Å²) in [7, 11) is 0. The number of halogens is 1. The number of hydrogen-bond acceptors (Lipinski definition) is 2. The Kier molecular flexibility index (Phi) is 4.53. The number of hydrogen-bond donors (Lipinski definition) is 1. The lowest BCUT2D eigenvalue weighted by molar-refractivity contribution is 0.0694. The lowest BCUT2D eigenvalue weighted by atomic mass is 10.0. The maximum Gasteiger partial charge on any atom is 0.254 e. The van der Waals surface area contributed by atoms with Crippen LogP contribution < -0.4 is 5.32 Å². The molecule has 1 saturated heterocycles. The van der Waals surface area contributed by atoms with Crippen LogP contribution in [0.2, 0.25) is 0 Å². The second-order valence-electron chi connectivity index (χ2n) is 5.11. The largest absolute Gasteiger partial charge is 0.337 e. The van der Waals surface area contributed by atoms with Crippen molar-refractivity contribution in [2.75, 3.05) is 19.6 Å². The average Bonchev–Trinajstić information content (AvgIpc) is 2.41. The maximum absolute atomic E-state index is 13.3. The average molecular weight is 264 g/mol. The quantitative estimate of drug-likeness (QED) is 0.909. The molecule has 2 rings (SSSR count). The summed E-state index contributed by atoms with van der Waals surface area (Å²) in [5.74, 6) is -0.409. The predicted molar refractivity (Wildman–Crippen MR) is 73.7 cm³/mol. The summed E-state index contributed by atoms with van der Waals surface area (Å²) >= 11 is 0. The van der Waals surface area contributed by atoms with Crippen LogP contribution >= 0.6 is 0 Å².